The summed E-state index contributed by atoms with van der Waals surface area (Å²) >= 11 is 0. The summed E-state index contributed by atoms with van der Waals surface area (Å²) in [5, 5.41) is 0. The van der Waals surface area contributed by atoms with E-state index in [0.717, 1.165) is 33.8 Å². The van der Waals surface area contributed by atoms with Gasteiger partial charge in [0.1, 0.15) is 25.6 Å². The molecule has 32 heavy (non-hydrogen) atoms. The maximum absolute atomic E-state index is 11.7. The number of rotatable bonds is 8. The molecule has 0 bridgehead atoms. The van der Waals surface area contributed by atoms with Gasteiger partial charge < -0.3 is 18.9 Å². The van der Waals surface area contributed by atoms with Gasteiger partial charge in [-0.25, -0.2) is 0 Å². The molecule has 3 aromatic carbocycles. The van der Waals surface area contributed by atoms with E-state index in [-0.39, 0.29) is 12.4 Å². The van der Waals surface area contributed by atoms with E-state index >= 15 is 0 Å². The van der Waals surface area contributed by atoms with Crippen molar-refractivity contribution in [2.75, 3.05) is 19.8 Å². The summed E-state index contributed by atoms with van der Waals surface area (Å²) in [6.07, 6.45) is 0.961. The standard InChI is InChI=1S/C27H28O5/c1-3-29-27(28)15-21-10-8-20(9-11-21)14-23-16-25-26(31-13-12-30-25)17-24(23)32-18-22-6-4-19(2)5-7-22/h4-11,16-17H,3,12-15,18H2,1-2H3. The van der Waals surface area contributed by atoms with Crippen LogP contribution in [0.25, 0.3) is 0 Å². The van der Waals surface area contributed by atoms with Gasteiger partial charge in [0.05, 0.1) is 13.0 Å². The molecule has 3 aromatic rings. The van der Waals surface area contributed by atoms with Crippen molar-refractivity contribution in [3.8, 4) is 17.2 Å². The van der Waals surface area contributed by atoms with Gasteiger partial charge in [0, 0.05) is 18.1 Å². The Labute approximate surface area is 188 Å². The molecule has 1 aliphatic heterocycles. The van der Waals surface area contributed by atoms with Gasteiger partial charge >= 0.3 is 5.97 Å². The molecule has 1 aliphatic rings. The lowest BCUT2D eigenvalue weighted by molar-refractivity contribution is -0.142. The molecule has 0 aliphatic carbocycles. The topological polar surface area (TPSA) is 54.0 Å². The van der Waals surface area contributed by atoms with Crippen molar-refractivity contribution in [3.63, 3.8) is 0 Å². The Bertz CT molecular complexity index is 1050. The zero-order chi connectivity index (χ0) is 22.3. The number of esters is 1. The SMILES string of the molecule is CCOC(=O)Cc1ccc(Cc2cc3c(cc2OCc2ccc(C)cc2)OCCO3)cc1. The van der Waals surface area contributed by atoms with Crippen molar-refractivity contribution in [1.29, 1.82) is 0 Å². The lowest BCUT2D eigenvalue weighted by Crippen LogP contribution is -2.16. The van der Waals surface area contributed by atoms with Crippen LogP contribution in [0.1, 0.15) is 34.7 Å². The largest absolute Gasteiger partial charge is 0.488 e. The molecule has 0 amide bonds. The highest BCUT2D eigenvalue weighted by molar-refractivity contribution is 5.72. The number of fused-ring (bicyclic) bond motifs is 1. The normalized spacial score (nSPS) is 12.3. The average molecular weight is 433 g/mol. The smallest absolute Gasteiger partial charge is 0.310 e. The summed E-state index contributed by atoms with van der Waals surface area (Å²) in [5.41, 5.74) is 5.42. The first kappa shape index (κ1) is 21.8. The Hall–Kier alpha value is -3.47. The maximum atomic E-state index is 11.7. The third kappa shape index (κ3) is 5.61. The average Bonchev–Trinajstić information content (AvgIpc) is 2.80. The minimum absolute atomic E-state index is 0.209. The van der Waals surface area contributed by atoms with Gasteiger partial charge in [0.2, 0.25) is 0 Å². The van der Waals surface area contributed by atoms with Crippen LogP contribution in [0.2, 0.25) is 0 Å². The van der Waals surface area contributed by atoms with Gasteiger partial charge in [-0.1, -0.05) is 54.1 Å². The summed E-state index contributed by atoms with van der Waals surface area (Å²) in [6.45, 7) is 5.83. The van der Waals surface area contributed by atoms with Crippen molar-refractivity contribution < 1.29 is 23.7 Å². The Kier molecular flexibility index (Phi) is 6.95. The van der Waals surface area contributed by atoms with E-state index in [1.807, 2.05) is 43.3 Å². The van der Waals surface area contributed by atoms with Crippen LogP contribution >= 0.6 is 0 Å². The van der Waals surface area contributed by atoms with Crippen molar-refractivity contribution in [3.05, 3.63) is 88.5 Å². The van der Waals surface area contributed by atoms with E-state index in [2.05, 4.69) is 31.2 Å². The third-order valence-electron chi connectivity index (χ3n) is 5.31. The quantitative estimate of drug-likeness (QED) is 0.467. The van der Waals surface area contributed by atoms with Gasteiger partial charge in [-0.2, -0.15) is 0 Å². The zero-order valence-corrected chi connectivity index (χ0v) is 18.6. The minimum atomic E-state index is -0.209. The molecule has 5 heteroatoms. The minimum Gasteiger partial charge on any atom is -0.488 e. The first-order valence-electron chi connectivity index (χ1n) is 10.9. The van der Waals surface area contributed by atoms with Crippen LogP contribution in [-0.4, -0.2) is 25.8 Å². The number of carbonyl (C=O) groups is 1. The van der Waals surface area contributed by atoms with Crippen LogP contribution in [0.15, 0.2) is 60.7 Å². The van der Waals surface area contributed by atoms with E-state index in [1.165, 1.54) is 5.56 Å². The molecule has 0 N–H and O–H groups in total. The molecule has 0 saturated heterocycles. The molecular weight excluding hydrogens is 404 g/mol. The van der Waals surface area contributed by atoms with Gasteiger partial charge in [0.15, 0.2) is 11.5 Å². The predicted molar refractivity (Wildman–Crippen MR) is 123 cm³/mol. The highest BCUT2D eigenvalue weighted by Gasteiger charge is 2.17. The van der Waals surface area contributed by atoms with E-state index in [0.29, 0.717) is 38.6 Å². The molecule has 0 atom stereocenters. The number of hydrogen-bond acceptors (Lipinski definition) is 5. The fourth-order valence-corrected chi connectivity index (χ4v) is 3.60. The van der Waals surface area contributed by atoms with Crippen LogP contribution in [0, 0.1) is 6.92 Å². The molecule has 5 nitrogen and oxygen atoms in total. The van der Waals surface area contributed by atoms with Gasteiger partial charge in [-0.3, -0.25) is 4.79 Å². The van der Waals surface area contributed by atoms with Crippen molar-refractivity contribution in [2.24, 2.45) is 0 Å². The summed E-state index contributed by atoms with van der Waals surface area (Å²) in [4.78, 5) is 11.7. The maximum Gasteiger partial charge on any atom is 0.310 e. The first-order chi connectivity index (χ1) is 15.6. The van der Waals surface area contributed by atoms with E-state index in [1.54, 1.807) is 0 Å². The molecule has 0 saturated carbocycles. The Morgan fingerprint density at radius 1 is 0.875 bits per heavy atom. The molecule has 1 heterocycles. The van der Waals surface area contributed by atoms with E-state index in [9.17, 15) is 4.79 Å². The second-order valence-electron chi connectivity index (χ2n) is 7.85. The first-order valence-corrected chi connectivity index (χ1v) is 10.9. The Morgan fingerprint density at radius 2 is 1.50 bits per heavy atom. The molecule has 0 spiro atoms. The van der Waals surface area contributed by atoms with Crippen molar-refractivity contribution >= 4 is 5.97 Å². The van der Waals surface area contributed by atoms with Gasteiger partial charge in [-0.15, -0.1) is 0 Å². The van der Waals surface area contributed by atoms with Crippen LogP contribution in [-0.2, 0) is 29.0 Å². The molecule has 0 aromatic heterocycles. The second-order valence-corrected chi connectivity index (χ2v) is 7.85. The van der Waals surface area contributed by atoms with Crippen LogP contribution in [0.4, 0.5) is 0 Å². The Balaban J connectivity index is 1.52. The van der Waals surface area contributed by atoms with E-state index in [4.69, 9.17) is 18.9 Å². The zero-order valence-electron chi connectivity index (χ0n) is 18.6. The Morgan fingerprint density at radius 3 is 2.19 bits per heavy atom. The number of ether oxygens (including phenoxy) is 4. The molecule has 0 unspecified atom stereocenters. The molecule has 0 fully saturated rings. The summed E-state index contributed by atoms with van der Waals surface area (Å²) in [6, 6.07) is 20.3. The predicted octanol–water partition coefficient (Wildman–Crippen LogP) is 5.04. The van der Waals surface area contributed by atoms with Crippen molar-refractivity contribution in [2.45, 2.75) is 33.3 Å². The molecular formula is C27H28O5. The molecule has 0 radical (unpaired) electrons. The molecule has 4 rings (SSSR count). The van der Waals surface area contributed by atoms with Gasteiger partial charge in [0.25, 0.3) is 0 Å². The van der Waals surface area contributed by atoms with Crippen LogP contribution < -0.4 is 14.2 Å². The number of carbonyl (C=O) groups excluding carboxylic acids is 1. The lowest BCUT2D eigenvalue weighted by atomic mass is 10.0. The lowest BCUT2D eigenvalue weighted by Gasteiger charge is -2.21. The summed E-state index contributed by atoms with van der Waals surface area (Å²) in [5.74, 6) is 2.03. The summed E-state index contributed by atoms with van der Waals surface area (Å²) in [7, 11) is 0. The van der Waals surface area contributed by atoms with Gasteiger partial charge in [-0.05, 0) is 36.6 Å². The summed E-state index contributed by atoms with van der Waals surface area (Å²) < 4.78 is 22.8. The monoisotopic (exact) mass is 432 g/mol. The van der Waals surface area contributed by atoms with Crippen molar-refractivity contribution in [1.82, 2.24) is 0 Å². The fraction of sp³-hybridized carbons (Fsp3) is 0.296. The number of aryl methyl sites for hydroxylation is 1. The second kappa shape index (κ2) is 10.2. The molecule has 166 valence electrons. The van der Waals surface area contributed by atoms with Crippen LogP contribution in [0.3, 0.4) is 0 Å². The third-order valence-corrected chi connectivity index (χ3v) is 5.31. The number of hydrogen-bond donors (Lipinski definition) is 0. The highest BCUT2D eigenvalue weighted by atomic mass is 16.6. The highest BCUT2D eigenvalue weighted by Crippen LogP contribution is 2.38. The van der Waals surface area contributed by atoms with E-state index < -0.39 is 0 Å². The number of benzene rings is 3. The fourth-order valence-electron chi connectivity index (χ4n) is 3.60. The van der Waals surface area contributed by atoms with Crippen LogP contribution in [0.5, 0.6) is 17.2 Å².